The van der Waals surface area contributed by atoms with Crippen LogP contribution in [0.4, 0.5) is 0 Å². The lowest BCUT2D eigenvalue weighted by molar-refractivity contribution is 0.181. The van der Waals surface area contributed by atoms with Crippen molar-refractivity contribution >= 4 is 17.3 Å². The Morgan fingerprint density at radius 3 is 2.61 bits per heavy atom. The van der Waals surface area contributed by atoms with Crippen LogP contribution >= 0.6 is 11.3 Å². The number of likely N-dealkylation sites (tertiary alicyclic amines) is 2. The normalized spacial score (nSPS) is 22.7. The van der Waals surface area contributed by atoms with E-state index in [0.717, 1.165) is 38.1 Å². The van der Waals surface area contributed by atoms with E-state index in [9.17, 15) is 0 Å². The van der Waals surface area contributed by atoms with Gasteiger partial charge in [0.05, 0.1) is 0 Å². The largest absolute Gasteiger partial charge is 0.370 e. The third-order valence-corrected chi connectivity index (χ3v) is 6.15. The van der Waals surface area contributed by atoms with Crippen molar-refractivity contribution in [2.24, 2.45) is 22.6 Å². The van der Waals surface area contributed by atoms with Crippen LogP contribution in [0.25, 0.3) is 0 Å². The highest BCUT2D eigenvalue weighted by Gasteiger charge is 2.20. The van der Waals surface area contributed by atoms with Crippen molar-refractivity contribution in [3.63, 3.8) is 0 Å². The Kier molecular flexibility index (Phi) is 5.95. The molecular weight excluding hydrogens is 304 g/mol. The number of hydrogen-bond donors (Lipinski definition) is 1. The third kappa shape index (κ3) is 4.95. The molecule has 2 N–H and O–H groups in total. The Morgan fingerprint density at radius 1 is 1.22 bits per heavy atom. The summed E-state index contributed by atoms with van der Waals surface area (Å²) in [5, 5.41) is 2.17. The number of nitrogens with two attached hydrogens (primary N) is 1. The van der Waals surface area contributed by atoms with Crippen LogP contribution in [0.5, 0.6) is 0 Å². The average molecular weight is 335 g/mol. The first kappa shape index (κ1) is 16.8. The Balaban J connectivity index is 1.39. The molecule has 0 spiro atoms. The lowest BCUT2D eigenvalue weighted by Crippen LogP contribution is -2.43. The number of aliphatic imine (C=N–C) groups is 1. The van der Waals surface area contributed by atoms with E-state index in [1.807, 2.05) is 11.3 Å². The van der Waals surface area contributed by atoms with Gasteiger partial charge in [0.1, 0.15) is 0 Å². The molecule has 0 aromatic carbocycles. The van der Waals surface area contributed by atoms with E-state index in [1.165, 1.54) is 43.6 Å². The van der Waals surface area contributed by atoms with Crippen LogP contribution in [0.2, 0.25) is 0 Å². The lowest BCUT2D eigenvalue weighted by Gasteiger charge is -2.32. The number of thiophene rings is 1. The van der Waals surface area contributed by atoms with E-state index in [4.69, 9.17) is 10.7 Å². The maximum Gasteiger partial charge on any atom is 0.191 e. The van der Waals surface area contributed by atoms with Gasteiger partial charge in [-0.25, -0.2) is 0 Å². The van der Waals surface area contributed by atoms with E-state index in [0.29, 0.717) is 5.92 Å². The maximum atomic E-state index is 6.20. The molecule has 3 heterocycles. The zero-order valence-corrected chi connectivity index (χ0v) is 15.1. The Morgan fingerprint density at radius 2 is 1.96 bits per heavy atom. The highest BCUT2D eigenvalue weighted by atomic mass is 32.1. The quantitative estimate of drug-likeness (QED) is 0.680. The zero-order valence-electron chi connectivity index (χ0n) is 14.3. The molecule has 3 rings (SSSR count). The first-order chi connectivity index (χ1) is 11.2. The number of nitrogens with zero attached hydrogens (tertiary/aromatic N) is 3. The van der Waals surface area contributed by atoms with Gasteiger partial charge in [-0.1, -0.05) is 13.0 Å². The van der Waals surface area contributed by atoms with Crippen LogP contribution in [0, 0.1) is 11.8 Å². The van der Waals surface area contributed by atoms with Gasteiger partial charge in [-0.2, -0.15) is 0 Å². The Labute approximate surface area is 144 Å². The van der Waals surface area contributed by atoms with Crippen molar-refractivity contribution in [3.05, 3.63) is 22.4 Å². The van der Waals surface area contributed by atoms with Crippen molar-refractivity contribution in [2.75, 3.05) is 32.7 Å². The molecule has 4 nitrogen and oxygen atoms in total. The summed E-state index contributed by atoms with van der Waals surface area (Å²) in [6.45, 7) is 8.89. The topological polar surface area (TPSA) is 44.9 Å². The second kappa shape index (κ2) is 8.15. The summed E-state index contributed by atoms with van der Waals surface area (Å²) in [7, 11) is 0. The predicted octanol–water partition coefficient (Wildman–Crippen LogP) is 3.01. The number of hydrogen-bond acceptors (Lipinski definition) is 3. The zero-order chi connectivity index (χ0) is 16.1. The number of piperidine rings is 2. The fourth-order valence-corrected chi connectivity index (χ4v) is 4.26. The monoisotopic (exact) mass is 334 g/mol. The minimum Gasteiger partial charge on any atom is -0.370 e. The van der Waals surface area contributed by atoms with E-state index in [1.54, 1.807) is 0 Å². The first-order valence-electron chi connectivity index (χ1n) is 9.00. The molecule has 0 radical (unpaired) electrons. The summed E-state index contributed by atoms with van der Waals surface area (Å²) in [6.07, 6.45) is 4.99. The Hall–Kier alpha value is -1.07. The lowest BCUT2D eigenvalue weighted by atomic mass is 9.97. The predicted molar refractivity (Wildman–Crippen MR) is 98.8 cm³/mol. The highest BCUT2D eigenvalue weighted by Crippen LogP contribution is 2.21. The molecule has 2 aliphatic heterocycles. The molecule has 2 fully saturated rings. The van der Waals surface area contributed by atoms with Crippen molar-refractivity contribution in [1.29, 1.82) is 0 Å². The Bertz CT molecular complexity index is 483. The second-order valence-electron chi connectivity index (χ2n) is 7.17. The fraction of sp³-hybridized carbons (Fsp3) is 0.722. The molecule has 2 aliphatic rings. The summed E-state index contributed by atoms with van der Waals surface area (Å²) in [5.74, 6) is 2.32. The molecule has 2 saturated heterocycles. The summed E-state index contributed by atoms with van der Waals surface area (Å²) in [5.41, 5.74) is 6.20. The van der Waals surface area contributed by atoms with Gasteiger partial charge in [0.25, 0.3) is 0 Å². The molecule has 0 aliphatic carbocycles. The van der Waals surface area contributed by atoms with Crippen molar-refractivity contribution in [2.45, 2.75) is 39.2 Å². The maximum absolute atomic E-state index is 6.20. The first-order valence-corrected chi connectivity index (χ1v) is 9.88. The standard InChI is InChI=1S/C18H30N4S/c1-15-4-10-22(11-5-15)18(19)20-13-16-6-8-21(9-7-16)14-17-3-2-12-23-17/h2-3,12,15-16H,4-11,13-14H2,1H3,(H2,19,20). The van der Waals surface area contributed by atoms with E-state index in [-0.39, 0.29) is 0 Å². The molecule has 1 aromatic heterocycles. The van der Waals surface area contributed by atoms with Crippen molar-refractivity contribution in [3.8, 4) is 0 Å². The van der Waals surface area contributed by atoms with Gasteiger partial charge in [-0.05, 0) is 62.1 Å². The molecule has 5 heteroatoms. The van der Waals surface area contributed by atoms with Gasteiger partial charge in [0.2, 0.25) is 0 Å². The van der Waals surface area contributed by atoms with Gasteiger partial charge < -0.3 is 10.6 Å². The average Bonchev–Trinajstić information content (AvgIpc) is 3.07. The molecule has 0 saturated carbocycles. The fourth-order valence-electron chi connectivity index (χ4n) is 3.51. The number of guanidine groups is 1. The van der Waals surface area contributed by atoms with Crippen LogP contribution < -0.4 is 5.73 Å². The third-order valence-electron chi connectivity index (χ3n) is 5.29. The van der Waals surface area contributed by atoms with E-state index in [2.05, 4.69) is 34.2 Å². The molecule has 1 aromatic rings. The van der Waals surface area contributed by atoms with Gasteiger partial charge >= 0.3 is 0 Å². The van der Waals surface area contributed by atoms with Gasteiger partial charge in [0, 0.05) is 31.1 Å². The molecule has 23 heavy (non-hydrogen) atoms. The molecule has 0 atom stereocenters. The molecular formula is C18H30N4S. The van der Waals surface area contributed by atoms with E-state index >= 15 is 0 Å². The number of rotatable bonds is 4. The molecule has 0 amide bonds. The van der Waals surface area contributed by atoms with Gasteiger partial charge in [-0.3, -0.25) is 9.89 Å². The van der Waals surface area contributed by atoms with Crippen LogP contribution in [-0.2, 0) is 6.54 Å². The highest BCUT2D eigenvalue weighted by molar-refractivity contribution is 7.09. The van der Waals surface area contributed by atoms with E-state index < -0.39 is 0 Å². The summed E-state index contributed by atoms with van der Waals surface area (Å²) in [6, 6.07) is 4.38. The van der Waals surface area contributed by atoms with Crippen LogP contribution in [-0.4, -0.2) is 48.5 Å². The smallest absolute Gasteiger partial charge is 0.191 e. The summed E-state index contributed by atoms with van der Waals surface area (Å²) >= 11 is 1.86. The van der Waals surface area contributed by atoms with Crippen LogP contribution in [0.15, 0.2) is 22.5 Å². The van der Waals surface area contributed by atoms with Crippen LogP contribution in [0.1, 0.15) is 37.5 Å². The second-order valence-corrected chi connectivity index (χ2v) is 8.20. The summed E-state index contributed by atoms with van der Waals surface area (Å²) in [4.78, 5) is 11.0. The van der Waals surface area contributed by atoms with Crippen molar-refractivity contribution in [1.82, 2.24) is 9.80 Å². The summed E-state index contributed by atoms with van der Waals surface area (Å²) < 4.78 is 0. The molecule has 0 unspecified atom stereocenters. The van der Waals surface area contributed by atoms with Crippen LogP contribution in [0.3, 0.4) is 0 Å². The van der Waals surface area contributed by atoms with Crippen molar-refractivity contribution < 1.29 is 0 Å². The SMILES string of the molecule is CC1CCN(C(N)=NCC2CCN(Cc3cccs3)CC2)CC1. The minimum absolute atomic E-state index is 0.705. The van der Waals surface area contributed by atoms with Gasteiger partial charge in [-0.15, -0.1) is 11.3 Å². The minimum atomic E-state index is 0.705. The molecule has 0 bridgehead atoms. The molecule has 128 valence electrons. The van der Waals surface area contributed by atoms with Gasteiger partial charge in [0.15, 0.2) is 5.96 Å².